The normalized spacial score (nSPS) is 20.3. The number of allylic oxidation sites excluding steroid dienone is 4. The lowest BCUT2D eigenvalue weighted by atomic mass is 9.76. The molecule has 1 atom stereocenters. The molecule has 3 aromatic carbocycles. The summed E-state index contributed by atoms with van der Waals surface area (Å²) in [5, 5.41) is 0. The van der Waals surface area contributed by atoms with Gasteiger partial charge >= 0.3 is 0 Å². The second-order valence-electron chi connectivity index (χ2n) is 12.6. The smallest absolute Gasteiger partial charge is 0.201 e. The molecule has 2 aliphatic carbocycles. The highest BCUT2D eigenvalue weighted by molar-refractivity contribution is 5.68. The molecule has 0 spiro atoms. The van der Waals surface area contributed by atoms with Crippen molar-refractivity contribution in [2.75, 3.05) is 6.61 Å². The molecule has 0 radical (unpaired) electrons. The number of benzene rings is 3. The SMILES string of the molecule is C/C=C/CCc1ccc(C2CCC(CCc3ccc(C4CC=C(c5ccc(OCC)c(F)c5F)CC4)c(F)c3F)CC2)c(F)c1F. The van der Waals surface area contributed by atoms with E-state index in [0.29, 0.717) is 78.7 Å². The summed E-state index contributed by atoms with van der Waals surface area (Å²) in [5.41, 5.74) is 2.29. The highest BCUT2D eigenvalue weighted by atomic mass is 19.2. The van der Waals surface area contributed by atoms with Crippen LogP contribution < -0.4 is 4.74 Å². The van der Waals surface area contributed by atoms with Crippen molar-refractivity contribution in [3.63, 3.8) is 0 Å². The molecule has 0 bridgehead atoms. The van der Waals surface area contributed by atoms with E-state index in [1.54, 1.807) is 37.3 Å². The van der Waals surface area contributed by atoms with Crippen LogP contribution in [0.1, 0.15) is 111 Å². The maximum atomic E-state index is 15.3. The van der Waals surface area contributed by atoms with Gasteiger partial charge in [0.05, 0.1) is 6.61 Å². The Kier molecular flexibility index (Phi) is 11.3. The van der Waals surface area contributed by atoms with Crippen LogP contribution in [0.2, 0.25) is 0 Å². The molecule has 7 heteroatoms. The largest absolute Gasteiger partial charge is 0.491 e. The Morgan fingerprint density at radius 2 is 1.35 bits per heavy atom. The Bertz CT molecular complexity index is 1580. The van der Waals surface area contributed by atoms with Gasteiger partial charge in [0.2, 0.25) is 5.82 Å². The molecular weight excluding hydrogens is 598 g/mol. The Morgan fingerprint density at radius 1 is 0.696 bits per heavy atom. The number of halogens is 6. The molecule has 0 aromatic heterocycles. The van der Waals surface area contributed by atoms with Gasteiger partial charge in [-0.2, -0.15) is 4.39 Å². The third-order valence-electron chi connectivity index (χ3n) is 9.85. The summed E-state index contributed by atoms with van der Waals surface area (Å²) < 4.78 is 94.4. The van der Waals surface area contributed by atoms with Crippen LogP contribution in [-0.4, -0.2) is 6.61 Å². The standard InChI is InChI=1S/C39H42F6O/c1-3-5-6-7-28-18-20-30(36(42)34(28)40)25-11-8-24(9-12-25)10-13-29-19-21-31(37(43)35(29)41)26-14-16-27(17-15-26)32-22-23-33(46-4-2)39(45)38(32)44/h3,5,16,18-26H,4,6-15,17H2,1-2H3/b5-3+. The second-order valence-corrected chi connectivity index (χ2v) is 12.6. The Balaban J connectivity index is 1.16. The molecule has 0 aliphatic heterocycles. The van der Waals surface area contributed by atoms with Gasteiger partial charge in [0.1, 0.15) is 0 Å². The molecule has 0 amide bonds. The van der Waals surface area contributed by atoms with E-state index < -0.39 is 34.9 Å². The summed E-state index contributed by atoms with van der Waals surface area (Å²) in [5.74, 6) is -5.26. The van der Waals surface area contributed by atoms with Gasteiger partial charge in [-0.15, -0.1) is 0 Å². The zero-order valence-corrected chi connectivity index (χ0v) is 26.6. The average Bonchev–Trinajstić information content (AvgIpc) is 3.07. The Labute approximate surface area is 268 Å². The Morgan fingerprint density at radius 3 is 1.96 bits per heavy atom. The minimum absolute atomic E-state index is 0.0428. The third kappa shape index (κ3) is 7.39. The number of hydrogen-bond acceptors (Lipinski definition) is 1. The zero-order chi connectivity index (χ0) is 32.8. The fourth-order valence-corrected chi connectivity index (χ4v) is 7.16. The van der Waals surface area contributed by atoms with Crippen molar-refractivity contribution >= 4 is 5.57 Å². The molecule has 1 fully saturated rings. The van der Waals surface area contributed by atoms with Crippen LogP contribution in [0.15, 0.2) is 54.6 Å². The van der Waals surface area contributed by atoms with Gasteiger partial charge in [0.15, 0.2) is 34.8 Å². The van der Waals surface area contributed by atoms with Crippen molar-refractivity contribution in [3.05, 3.63) is 117 Å². The first-order chi connectivity index (χ1) is 22.2. The minimum Gasteiger partial charge on any atom is -0.491 e. The fraction of sp³-hybridized carbons (Fsp3) is 0.436. The van der Waals surface area contributed by atoms with Crippen LogP contribution in [0, 0.1) is 40.8 Å². The highest BCUT2D eigenvalue weighted by Gasteiger charge is 2.28. The van der Waals surface area contributed by atoms with Crippen molar-refractivity contribution in [2.24, 2.45) is 5.92 Å². The molecule has 246 valence electrons. The lowest BCUT2D eigenvalue weighted by Crippen LogP contribution is -2.16. The molecule has 3 aromatic rings. The third-order valence-corrected chi connectivity index (χ3v) is 9.85. The topological polar surface area (TPSA) is 9.23 Å². The highest BCUT2D eigenvalue weighted by Crippen LogP contribution is 2.41. The minimum atomic E-state index is -1.02. The number of ether oxygens (including phenoxy) is 1. The molecule has 1 nitrogen and oxygen atoms in total. The summed E-state index contributed by atoms with van der Waals surface area (Å²) in [6.07, 6.45) is 12.3. The van der Waals surface area contributed by atoms with E-state index in [0.717, 1.165) is 25.7 Å². The monoisotopic (exact) mass is 640 g/mol. The summed E-state index contributed by atoms with van der Waals surface area (Å²) >= 11 is 0. The molecule has 0 heterocycles. The Hall–Kier alpha value is -3.48. The van der Waals surface area contributed by atoms with Gasteiger partial charge in [0.25, 0.3) is 0 Å². The molecular formula is C39H42F6O. The van der Waals surface area contributed by atoms with Crippen molar-refractivity contribution in [2.45, 2.75) is 96.3 Å². The van der Waals surface area contributed by atoms with Crippen LogP contribution in [0.3, 0.4) is 0 Å². The summed E-state index contributed by atoms with van der Waals surface area (Å²) in [6.45, 7) is 3.81. The van der Waals surface area contributed by atoms with Gasteiger partial charge in [-0.25, -0.2) is 22.0 Å². The second kappa shape index (κ2) is 15.4. The van der Waals surface area contributed by atoms with Gasteiger partial charge in [-0.3, -0.25) is 0 Å². The molecule has 1 unspecified atom stereocenters. The van der Waals surface area contributed by atoms with E-state index in [1.807, 2.05) is 19.1 Å². The van der Waals surface area contributed by atoms with Gasteiger partial charge < -0.3 is 4.74 Å². The lowest BCUT2D eigenvalue weighted by molar-refractivity contribution is 0.303. The molecule has 46 heavy (non-hydrogen) atoms. The predicted molar refractivity (Wildman–Crippen MR) is 171 cm³/mol. The van der Waals surface area contributed by atoms with E-state index in [9.17, 15) is 17.6 Å². The van der Waals surface area contributed by atoms with Crippen molar-refractivity contribution in [1.82, 2.24) is 0 Å². The average molecular weight is 641 g/mol. The van der Waals surface area contributed by atoms with E-state index in [-0.39, 0.29) is 29.8 Å². The summed E-state index contributed by atoms with van der Waals surface area (Å²) in [6, 6.07) is 9.67. The summed E-state index contributed by atoms with van der Waals surface area (Å²) in [7, 11) is 0. The maximum Gasteiger partial charge on any atom is 0.201 e. The number of aryl methyl sites for hydroxylation is 2. The van der Waals surface area contributed by atoms with E-state index in [2.05, 4.69) is 0 Å². The molecule has 1 saturated carbocycles. The van der Waals surface area contributed by atoms with Gasteiger partial charge in [-0.1, -0.05) is 42.5 Å². The molecule has 0 N–H and O–H groups in total. The van der Waals surface area contributed by atoms with Gasteiger partial charge in [0, 0.05) is 5.56 Å². The van der Waals surface area contributed by atoms with Crippen molar-refractivity contribution < 1.29 is 31.1 Å². The van der Waals surface area contributed by atoms with Crippen LogP contribution in [0.5, 0.6) is 5.75 Å². The first kappa shape index (κ1) is 33.9. The zero-order valence-electron chi connectivity index (χ0n) is 26.6. The van der Waals surface area contributed by atoms with E-state index in [1.165, 1.54) is 12.1 Å². The number of hydrogen-bond donors (Lipinski definition) is 0. The van der Waals surface area contributed by atoms with Gasteiger partial charge in [-0.05, 0) is 142 Å². The molecule has 0 saturated heterocycles. The van der Waals surface area contributed by atoms with Crippen LogP contribution in [-0.2, 0) is 12.8 Å². The maximum absolute atomic E-state index is 15.3. The summed E-state index contributed by atoms with van der Waals surface area (Å²) in [4.78, 5) is 0. The van der Waals surface area contributed by atoms with Crippen LogP contribution in [0.4, 0.5) is 26.3 Å². The first-order valence-electron chi connectivity index (χ1n) is 16.6. The molecule has 5 rings (SSSR count). The molecule has 2 aliphatic rings. The van der Waals surface area contributed by atoms with E-state index >= 15 is 8.78 Å². The van der Waals surface area contributed by atoms with Crippen LogP contribution in [0.25, 0.3) is 5.57 Å². The van der Waals surface area contributed by atoms with Crippen molar-refractivity contribution in [3.8, 4) is 5.75 Å². The van der Waals surface area contributed by atoms with Crippen LogP contribution >= 0.6 is 0 Å². The fourth-order valence-electron chi connectivity index (χ4n) is 7.16. The quantitative estimate of drug-likeness (QED) is 0.150. The predicted octanol–water partition coefficient (Wildman–Crippen LogP) is 11.7. The van der Waals surface area contributed by atoms with Crippen molar-refractivity contribution in [1.29, 1.82) is 0 Å². The van der Waals surface area contributed by atoms with E-state index in [4.69, 9.17) is 4.74 Å². The number of rotatable bonds is 11. The first-order valence-corrected chi connectivity index (χ1v) is 16.6. The lowest BCUT2D eigenvalue weighted by Gasteiger charge is -2.29.